The number of nitrogens with one attached hydrogen (secondary N) is 1. The molecule has 1 aromatic carbocycles. The van der Waals surface area contributed by atoms with Crippen LogP contribution in [0.5, 0.6) is 0 Å². The normalized spacial score (nSPS) is 10.7. The molecule has 0 radical (unpaired) electrons. The van der Waals surface area contributed by atoms with Crippen LogP contribution in [0.1, 0.15) is 21.6 Å². The molecular weight excluding hydrogens is 299 g/mol. The molecule has 0 aliphatic rings. The molecule has 0 unspecified atom stereocenters. The molecule has 0 saturated carbocycles. The fourth-order valence-corrected chi connectivity index (χ4v) is 2.46. The van der Waals surface area contributed by atoms with E-state index in [1.807, 2.05) is 6.07 Å². The molecular formula is C14H8F3N3S. The maximum atomic E-state index is 12.8. The molecule has 0 aliphatic carbocycles. The number of nitriles is 2. The van der Waals surface area contributed by atoms with Crippen molar-refractivity contribution in [1.82, 2.24) is 0 Å². The maximum absolute atomic E-state index is 12.8. The number of anilines is 1. The van der Waals surface area contributed by atoms with Crippen molar-refractivity contribution in [3.8, 4) is 12.1 Å². The predicted molar refractivity (Wildman–Crippen MR) is 72.5 cm³/mol. The largest absolute Gasteiger partial charge is 0.417 e. The summed E-state index contributed by atoms with van der Waals surface area (Å²) >= 11 is 1.35. The molecule has 0 atom stereocenters. The van der Waals surface area contributed by atoms with Crippen LogP contribution in [0.4, 0.5) is 18.9 Å². The minimum Gasteiger partial charge on any atom is -0.380 e. The molecule has 0 aliphatic heterocycles. The number of alkyl halides is 3. The van der Waals surface area contributed by atoms with Crippen LogP contribution >= 0.6 is 11.3 Å². The molecule has 1 aromatic heterocycles. The van der Waals surface area contributed by atoms with Crippen molar-refractivity contribution in [3.63, 3.8) is 0 Å². The van der Waals surface area contributed by atoms with E-state index in [1.165, 1.54) is 23.5 Å². The van der Waals surface area contributed by atoms with Crippen LogP contribution in [-0.2, 0) is 12.7 Å². The van der Waals surface area contributed by atoms with Gasteiger partial charge in [-0.2, -0.15) is 23.7 Å². The van der Waals surface area contributed by atoms with E-state index in [9.17, 15) is 13.2 Å². The molecule has 0 amide bonds. The van der Waals surface area contributed by atoms with Gasteiger partial charge < -0.3 is 5.32 Å². The topological polar surface area (TPSA) is 59.6 Å². The number of hydrogen-bond donors (Lipinski definition) is 1. The van der Waals surface area contributed by atoms with Gasteiger partial charge in [-0.25, -0.2) is 0 Å². The Hall–Kier alpha value is -2.51. The molecule has 0 bridgehead atoms. The van der Waals surface area contributed by atoms with Crippen LogP contribution in [-0.4, -0.2) is 0 Å². The number of halogens is 3. The monoisotopic (exact) mass is 307 g/mol. The van der Waals surface area contributed by atoms with Gasteiger partial charge in [0.25, 0.3) is 0 Å². The van der Waals surface area contributed by atoms with Crippen molar-refractivity contribution in [1.29, 1.82) is 10.5 Å². The second-order valence-electron chi connectivity index (χ2n) is 4.14. The van der Waals surface area contributed by atoms with E-state index in [0.717, 1.165) is 17.0 Å². The van der Waals surface area contributed by atoms with E-state index in [-0.39, 0.29) is 5.69 Å². The average molecular weight is 307 g/mol. The number of thiophene rings is 1. The molecule has 106 valence electrons. The molecule has 0 saturated heterocycles. The van der Waals surface area contributed by atoms with Crippen LogP contribution < -0.4 is 5.32 Å². The lowest BCUT2D eigenvalue weighted by molar-refractivity contribution is -0.137. The van der Waals surface area contributed by atoms with Crippen LogP contribution in [0, 0.1) is 22.7 Å². The van der Waals surface area contributed by atoms with Crippen LogP contribution in [0.15, 0.2) is 29.6 Å². The first kappa shape index (κ1) is 14.9. The summed E-state index contributed by atoms with van der Waals surface area (Å²) in [5.74, 6) is 0. The lowest BCUT2D eigenvalue weighted by Gasteiger charge is -2.11. The summed E-state index contributed by atoms with van der Waals surface area (Å²) in [5, 5.41) is 21.9. The summed E-state index contributed by atoms with van der Waals surface area (Å²) < 4.78 is 38.4. The lowest BCUT2D eigenvalue weighted by Crippen LogP contribution is -2.09. The highest BCUT2D eigenvalue weighted by Crippen LogP contribution is 2.33. The lowest BCUT2D eigenvalue weighted by atomic mass is 10.1. The molecule has 3 nitrogen and oxygen atoms in total. The summed E-state index contributed by atoms with van der Waals surface area (Å²) in [7, 11) is 0. The van der Waals surface area contributed by atoms with Gasteiger partial charge in [0, 0.05) is 22.5 Å². The van der Waals surface area contributed by atoms with Gasteiger partial charge in [0.05, 0.1) is 22.8 Å². The van der Waals surface area contributed by atoms with Crippen molar-refractivity contribution in [2.45, 2.75) is 12.7 Å². The zero-order valence-electron chi connectivity index (χ0n) is 10.5. The first-order valence-electron chi connectivity index (χ1n) is 5.77. The van der Waals surface area contributed by atoms with Crippen molar-refractivity contribution < 1.29 is 13.2 Å². The van der Waals surface area contributed by atoms with Crippen LogP contribution in [0.3, 0.4) is 0 Å². The Morgan fingerprint density at radius 1 is 1.14 bits per heavy atom. The van der Waals surface area contributed by atoms with Gasteiger partial charge in [-0.15, -0.1) is 11.3 Å². The molecule has 0 fully saturated rings. The smallest absolute Gasteiger partial charge is 0.380 e. The Bertz CT molecular complexity index is 735. The van der Waals surface area contributed by atoms with Crippen molar-refractivity contribution in [2.75, 3.05) is 5.32 Å². The molecule has 1 heterocycles. The summed E-state index contributed by atoms with van der Waals surface area (Å²) in [6.07, 6.45) is -4.57. The highest BCUT2D eigenvalue weighted by Gasteiger charge is 2.33. The minimum atomic E-state index is -4.57. The fraction of sp³-hybridized carbons (Fsp3) is 0.143. The second kappa shape index (κ2) is 5.86. The van der Waals surface area contributed by atoms with Gasteiger partial charge >= 0.3 is 6.18 Å². The minimum absolute atomic E-state index is 0.272. The highest BCUT2D eigenvalue weighted by atomic mass is 32.1. The fourth-order valence-electron chi connectivity index (χ4n) is 1.71. The molecule has 21 heavy (non-hydrogen) atoms. The van der Waals surface area contributed by atoms with Gasteiger partial charge in [-0.05, 0) is 24.3 Å². The van der Waals surface area contributed by atoms with E-state index in [0.29, 0.717) is 12.1 Å². The third-order valence-electron chi connectivity index (χ3n) is 2.70. The van der Waals surface area contributed by atoms with E-state index in [1.54, 1.807) is 11.4 Å². The highest BCUT2D eigenvalue weighted by molar-refractivity contribution is 7.10. The maximum Gasteiger partial charge on any atom is 0.417 e. The Labute approximate surface area is 122 Å². The summed E-state index contributed by atoms with van der Waals surface area (Å²) in [4.78, 5) is 0.837. The van der Waals surface area contributed by atoms with Crippen molar-refractivity contribution >= 4 is 17.0 Å². The third-order valence-corrected chi connectivity index (χ3v) is 3.63. The third kappa shape index (κ3) is 3.53. The van der Waals surface area contributed by atoms with E-state index >= 15 is 0 Å². The van der Waals surface area contributed by atoms with Crippen molar-refractivity contribution in [3.05, 3.63) is 51.2 Å². The zero-order valence-corrected chi connectivity index (χ0v) is 11.3. The first-order valence-corrected chi connectivity index (χ1v) is 6.64. The SMILES string of the molecule is N#Cc1csc(CNc2ccc(C#N)c(C(F)(F)F)c2)c1. The summed E-state index contributed by atoms with van der Waals surface area (Å²) in [6.45, 7) is 0.315. The molecule has 7 heteroatoms. The number of hydrogen-bond acceptors (Lipinski definition) is 4. The van der Waals surface area contributed by atoms with Crippen LogP contribution in [0.25, 0.3) is 0 Å². The zero-order chi connectivity index (χ0) is 15.5. The Morgan fingerprint density at radius 3 is 2.48 bits per heavy atom. The standard InChI is InChI=1S/C14H8F3N3S/c15-14(16,17)13-4-11(2-1-10(13)6-19)20-7-12-3-9(5-18)8-21-12/h1-4,8,20H,7H2. The van der Waals surface area contributed by atoms with Gasteiger partial charge in [0.15, 0.2) is 0 Å². The van der Waals surface area contributed by atoms with Crippen LogP contribution in [0.2, 0.25) is 0 Å². The number of benzene rings is 1. The second-order valence-corrected chi connectivity index (χ2v) is 5.13. The van der Waals surface area contributed by atoms with Gasteiger partial charge in [-0.1, -0.05) is 0 Å². The van der Waals surface area contributed by atoms with Crippen molar-refractivity contribution in [2.24, 2.45) is 0 Å². The predicted octanol–water partition coefficient (Wildman–Crippen LogP) is 4.12. The first-order chi connectivity index (χ1) is 9.94. The average Bonchev–Trinajstić information content (AvgIpc) is 2.92. The van der Waals surface area contributed by atoms with Gasteiger partial charge in [0.2, 0.25) is 0 Å². The Kier molecular flexibility index (Phi) is 4.15. The quantitative estimate of drug-likeness (QED) is 0.927. The number of nitrogens with zero attached hydrogens (tertiary/aromatic N) is 2. The van der Waals surface area contributed by atoms with E-state index in [4.69, 9.17) is 10.5 Å². The van der Waals surface area contributed by atoms with Gasteiger partial charge in [0.1, 0.15) is 6.07 Å². The molecule has 0 spiro atoms. The molecule has 1 N–H and O–H groups in total. The summed E-state index contributed by atoms with van der Waals surface area (Å²) in [6, 6.07) is 8.67. The molecule has 2 aromatic rings. The molecule has 2 rings (SSSR count). The Balaban J connectivity index is 2.18. The van der Waals surface area contributed by atoms with E-state index < -0.39 is 17.3 Å². The van der Waals surface area contributed by atoms with E-state index in [2.05, 4.69) is 5.32 Å². The van der Waals surface area contributed by atoms with Gasteiger partial charge in [-0.3, -0.25) is 0 Å². The Morgan fingerprint density at radius 2 is 1.90 bits per heavy atom. The summed E-state index contributed by atoms with van der Waals surface area (Å²) in [5.41, 5.74) is -0.573. The number of rotatable bonds is 3.